The molecular weight excluding hydrogens is 374 g/mol. The number of nitrogens with zero attached hydrogens (tertiary/aromatic N) is 3. The van der Waals surface area contributed by atoms with E-state index in [0.717, 1.165) is 43.1 Å². The Morgan fingerprint density at radius 2 is 1.53 bits per heavy atom. The highest BCUT2D eigenvalue weighted by Gasteiger charge is 2.15. The fraction of sp³-hybridized carbons (Fsp3) is 0.240. The highest BCUT2D eigenvalue weighted by molar-refractivity contribution is 5.80. The monoisotopic (exact) mass is 401 g/mol. The summed E-state index contributed by atoms with van der Waals surface area (Å²) in [4.78, 5) is 2.40. The molecule has 0 saturated carbocycles. The number of anilines is 1. The minimum absolute atomic E-state index is 0.510. The summed E-state index contributed by atoms with van der Waals surface area (Å²) in [6.07, 6.45) is 1.89. The van der Waals surface area contributed by atoms with E-state index < -0.39 is 0 Å². The molecule has 0 N–H and O–H groups in total. The predicted octanol–water partition coefficient (Wildman–Crippen LogP) is 4.43. The van der Waals surface area contributed by atoms with Gasteiger partial charge in [-0.3, -0.25) is 5.01 Å². The number of piperazine rings is 1. The summed E-state index contributed by atoms with van der Waals surface area (Å²) in [6, 6.07) is 26.6. The first kappa shape index (κ1) is 19.8. The Morgan fingerprint density at radius 3 is 2.23 bits per heavy atom. The third kappa shape index (κ3) is 5.11. The van der Waals surface area contributed by atoms with Crippen LogP contribution in [0.1, 0.15) is 11.1 Å². The lowest BCUT2D eigenvalue weighted by Gasteiger charge is -2.34. The van der Waals surface area contributed by atoms with E-state index >= 15 is 0 Å². The standard InChI is InChI=1S/C25H27N3O2/c1-29-25-18-22(12-13-24(25)30-20-21-8-4-2-5-9-21)19-26-28-16-14-27(15-17-28)23-10-6-3-7-11-23/h2-13,18-19H,14-17,20H2,1H3/b26-19-. The van der Waals surface area contributed by atoms with Crippen LogP contribution in [0.25, 0.3) is 0 Å². The van der Waals surface area contributed by atoms with E-state index in [0.29, 0.717) is 12.4 Å². The lowest BCUT2D eigenvalue weighted by Crippen LogP contribution is -2.44. The smallest absolute Gasteiger partial charge is 0.161 e. The van der Waals surface area contributed by atoms with Crippen LogP contribution in [0.15, 0.2) is 84.0 Å². The molecule has 0 aliphatic carbocycles. The van der Waals surface area contributed by atoms with Crippen molar-refractivity contribution in [3.05, 3.63) is 90.0 Å². The van der Waals surface area contributed by atoms with Gasteiger partial charge in [-0.15, -0.1) is 0 Å². The molecule has 0 amide bonds. The Morgan fingerprint density at radius 1 is 0.833 bits per heavy atom. The van der Waals surface area contributed by atoms with E-state index in [1.165, 1.54) is 5.69 Å². The van der Waals surface area contributed by atoms with Gasteiger partial charge >= 0.3 is 0 Å². The average Bonchev–Trinajstić information content (AvgIpc) is 2.83. The molecule has 3 aromatic rings. The molecule has 1 aliphatic heterocycles. The Kier molecular flexibility index (Phi) is 6.50. The Bertz CT molecular complexity index is 953. The molecule has 0 spiro atoms. The van der Waals surface area contributed by atoms with Crippen LogP contribution in [-0.4, -0.2) is 44.5 Å². The van der Waals surface area contributed by atoms with Gasteiger partial charge in [-0.1, -0.05) is 48.5 Å². The second kappa shape index (κ2) is 9.83. The van der Waals surface area contributed by atoms with Gasteiger partial charge in [0.15, 0.2) is 11.5 Å². The summed E-state index contributed by atoms with van der Waals surface area (Å²) in [5.41, 5.74) is 3.39. The number of hydrogen-bond acceptors (Lipinski definition) is 5. The van der Waals surface area contributed by atoms with Crippen molar-refractivity contribution in [2.24, 2.45) is 5.10 Å². The molecule has 0 unspecified atom stereocenters. The van der Waals surface area contributed by atoms with Crippen molar-refractivity contribution in [1.29, 1.82) is 0 Å². The summed E-state index contributed by atoms with van der Waals surface area (Å²) in [7, 11) is 1.66. The van der Waals surface area contributed by atoms with E-state index in [2.05, 4.69) is 45.3 Å². The highest BCUT2D eigenvalue weighted by atomic mass is 16.5. The highest BCUT2D eigenvalue weighted by Crippen LogP contribution is 2.28. The van der Waals surface area contributed by atoms with E-state index in [9.17, 15) is 0 Å². The predicted molar refractivity (Wildman–Crippen MR) is 122 cm³/mol. The van der Waals surface area contributed by atoms with Crippen LogP contribution in [0.5, 0.6) is 11.5 Å². The molecule has 0 aromatic heterocycles. The third-order valence-electron chi connectivity index (χ3n) is 5.17. The van der Waals surface area contributed by atoms with Crippen LogP contribution in [0.2, 0.25) is 0 Å². The second-order valence-corrected chi connectivity index (χ2v) is 7.21. The summed E-state index contributed by atoms with van der Waals surface area (Å²) in [6.45, 7) is 4.26. The topological polar surface area (TPSA) is 37.3 Å². The van der Waals surface area contributed by atoms with Crippen molar-refractivity contribution in [2.45, 2.75) is 6.61 Å². The van der Waals surface area contributed by atoms with Gasteiger partial charge in [0.05, 0.1) is 26.4 Å². The molecule has 1 heterocycles. The number of ether oxygens (including phenoxy) is 2. The van der Waals surface area contributed by atoms with Crippen LogP contribution >= 0.6 is 0 Å². The molecule has 1 saturated heterocycles. The summed E-state index contributed by atoms with van der Waals surface area (Å²) in [5.74, 6) is 1.44. The van der Waals surface area contributed by atoms with Gasteiger partial charge in [-0.25, -0.2) is 0 Å². The normalized spacial score (nSPS) is 14.2. The zero-order valence-electron chi connectivity index (χ0n) is 17.3. The van der Waals surface area contributed by atoms with E-state index in [4.69, 9.17) is 9.47 Å². The second-order valence-electron chi connectivity index (χ2n) is 7.21. The zero-order valence-corrected chi connectivity index (χ0v) is 17.3. The molecule has 5 heteroatoms. The molecule has 154 valence electrons. The fourth-order valence-corrected chi connectivity index (χ4v) is 3.48. The number of rotatable bonds is 7. The maximum atomic E-state index is 5.93. The maximum Gasteiger partial charge on any atom is 0.161 e. The first-order chi connectivity index (χ1) is 14.8. The molecule has 0 radical (unpaired) electrons. The SMILES string of the molecule is COc1cc(/C=N\N2CCN(c3ccccc3)CC2)ccc1OCc1ccccc1. The Labute approximate surface area is 178 Å². The van der Waals surface area contributed by atoms with Crippen molar-refractivity contribution in [3.63, 3.8) is 0 Å². The van der Waals surface area contributed by atoms with E-state index in [-0.39, 0.29) is 0 Å². The Balaban J connectivity index is 1.33. The summed E-state index contributed by atoms with van der Waals surface area (Å²) >= 11 is 0. The number of hydrazone groups is 1. The molecule has 30 heavy (non-hydrogen) atoms. The van der Waals surface area contributed by atoms with Crippen molar-refractivity contribution in [3.8, 4) is 11.5 Å². The summed E-state index contributed by atoms with van der Waals surface area (Å²) < 4.78 is 11.5. The minimum Gasteiger partial charge on any atom is -0.493 e. The zero-order chi connectivity index (χ0) is 20.6. The molecule has 1 aliphatic rings. The van der Waals surface area contributed by atoms with Crippen molar-refractivity contribution >= 4 is 11.9 Å². The first-order valence-electron chi connectivity index (χ1n) is 10.3. The van der Waals surface area contributed by atoms with Crippen LogP contribution in [0, 0.1) is 0 Å². The number of methoxy groups -OCH3 is 1. The van der Waals surface area contributed by atoms with E-state index in [1.807, 2.05) is 54.7 Å². The molecule has 0 atom stereocenters. The molecule has 0 bridgehead atoms. The molecule has 3 aromatic carbocycles. The average molecular weight is 402 g/mol. The van der Waals surface area contributed by atoms with Gasteiger partial charge in [0, 0.05) is 18.8 Å². The van der Waals surface area contributed by atoms with Crippen LogP contribution in [0.3, 0.4) is 0 Å². The largest absolute Gasteiger partial charge is 0.493 e. The van der Waals surface area contributed by atoms with Crippen molar-refractivity contribution in [2.75, 3.05) is 38.2 Å². The van der Waals surface area contributed by atoms with Gasteiger partial charge in [-0.05, 0) is 41.5 Å². The number of para-hydroxylation sites is 1. The Hall–Kier alpha value is -3.47. The van der Waals surface area contributed by atoms with E-state index in [1.54, 1.807) is 7.11 Å². The van der Waals surface area contributed by atoms with Gasteiger partial charge in [-0.2, -0.15) is 5.10 Å². The van der Waals surface area contributed by atoms with Gasteiger partial charge < -0.3 is 14.4 Å². The van der Waals surface area contributed by atoms with Gasteiger partial charge in [0.25, 0.3) is 0 Å². The van der Waals surface area contributed by atoms with Crippen molar-refractivity contribution < 1.29 is 9.47 Å². The van der Waals surface area contributed by atoms with Crippen LogP contribution in [-0.2, 0) is 6.61 Å². The number of benzene rings is 3. The van der Waals surface area contributed by atoms with Crippen molar-refractivity contribution in [1.82, 2.24) is 5.01 Å². The summed E-state index contributed by atoms with van der Waals surface area (Å²) in [5, 5.41) is 6.78. The van der Waals surface area contributed by atoms with Gasteiger partial charge in [0.2, 0.25) is 0 Å². The molecule has 1 fully saturated rings. The maximum absolute atomic E-state index is 5.93. The molecule has 5 nitrogen and oxygen atoms in total. The molecule has 4 rings (SSSR count). The van der Waals surface area contributed by atoms with Crippen LogP contribution in [0.4, 0.5) is 5.69 Å². The number of hydrogen-bond donors (Lipinski definition) is 0. The first-order valence-corrected chi connectivity index (χ1v) is 10.3. The molecular formula is C25H27N3O2. The lowest BCUT2D eigenvalue weighted by molar-refractivity contribution is 0.272. The van der Waals surface area contributed by atoms with Gasteiger partial charge in [0.1, 0.15) is 6.61 Å². The van der Waals surface area contributed by atoms with Crippen LogP contribution < -0.4 is 14.4 Å². The third-order valence-corrected chi connectivity index (χ3v) is 5.17. The minimum atomic E-state index is 0.510. The fourth-order valence-electron chi connectivity index (χ4n) is 3.48. The lowest BCUT2D eigenvalue weighted by atomic mass is 10.2. The quantitative estimate of drug-likeness (QED) is 0.549.